The highest BCUT2D eigenvalue weighted by molar-refractivity contribution is 7.14. The Hall–Kier alpha value is -3.11. The summed E-state index contributed by atoms with van der Waals surface area (Å²) in [6.07, 6.45) is 1.21. The highest BCUT2D eigenvalue weighted by atomic mass is 32.1. The number of aromatic nitrogens is 1. The second kappa shape index (κ2) is 8.94. The summed E-state index contributed by atoms with van der Waals surface area (Å²) in [5, 5.41) is 18.1. The van der Waals surface area contributed by atoms with Gasteiger partial charge in [-0.3, -0.25) is 19.7 Å². The zero-order valence-corrected chi connectivity index (χ0v) is 18.4. The molecule has 3 heterocycles. The summed E-state index contributed by atoms with van der Waals surface area (Å²) in [6.45, 7) is 2.78. The van der Waals surface area contributed by atoms with Crippen molar-refractivity contribution in [3.05, 3.63) is 61.6 Å². The van der Waals surface area contributed by atoms with Crippen molar-refractivity contribution in [2.24, 2.45) is 5.92 Å². The molecule has 160 valence electrons. The van der Waals surface area contributed by atoms with E-state index >= 15 is 0 Å². The number of nitrogens with one attached hydrogen (secondary N) is 1. The number of thiazole rings is 1. The summed E-state index contributed by atoms with van der Waals surface area (Å²) in [4.78, 5) is 42.8. The summed E-state index contributed by atoms with van der Waals surface area (Å²) in [5.41, 5.74) is 1.84. The third-order valence-electron chi connectivity index (χ3n) is 5.32. The van der Waals surface area contributed by atoms with Crippen LogP contribution >= 0.6 is 22.7 Å². The van der Waals surface area contributed by atoms with Gasteiger partial charge in [0, 0.05) is 41.6 Å². The molecule has 0 spiro atoms. The van der Waals surface area contributed by atoms with Gasteiger partial charge in [-0.2, -0.15) is 0 Å². The molecule has 0 radical (unpaired) electrons. The molecule has 10 heteroatoms. The number of nitrogens with zero attached hydrogens (tertiary/aromatic N) is 3. The Labute approximate surface area is 186 Å². The lowest BCUT2D eigenvalue weighted by molar-refractivity contribution is -0.385. The van der Waals surface area contributed by atoms with Crippen molar-refractivity contribution in [2.45, 2.75) is 19.8 Å². The second-order valence-corrected chi connectivity index (χ2v) is 9.14. The van der Waals surface area contributed by atoms with E-state index in [0.717, 1.165) is 4.88 Å². The number of anilines is 1. The zero-order valence-electron chi connectivity index (χ0n) is 16.7. The van der Waals surface area contributed by atoms with Crippen molar-refractivity contribution in [1.82, 2.24) is 9.88 Å². The van der Waals surface area contributed by atoms with Gasteiger partial charge in [0.05, 0.1) is 15.5 Å². The van der Waals surface area contributed by atoms with Crippen LogP contribution in [0.5, 0.6) is 0 Å². The number of likely N-dealkylation sites (tertiary alicyclic amines) is 1. The van der Waals surface area contributed by atoms with E-state index in [1.165, 1.54) is 28.7 Å². The maximum absolute atomic E-state index is 12.7. The molecule has 0 unspecified atom stereocenters. The molecule has 31 heavy (non-hydrogen) atoms. The van der Waals surface area contributed by atoms with E-state index in [-0.39, 0.29) is 23.4 Å². The topological polar surface area (TPSA) is 105 Å². The van der Waals surface area contributed by atoms with Gasteiger partial charge < -0.3 is 10.2 Å². The summed E-state index contributed by atoms with van der Waals surface area (Å²) in [5.74, 6) is -0.273. The molecule has 3 aromatic rings. The second-order valence-electron chi connectivity index (χ2n) is 7.33. The molecule has 0 aliphatic carbocycles. The number of nitro groups is 1. The van der Waals surface area contributed by atoms with Crippen molar-refractivity contribution in [1.29, 1.82) is 0 Å². The van der Waals surface area contributed by atoms with Gasteiger partial charge in [-0.1, -0.05) is 18.2 Å². The van der Waals surface area contributed by atoms with Gasteiger partial charge in [-0.05, 0) is 31.2 Å². The molecule has 2 aromatic heterocycles. The van der Waals surface area contributed by atoms with Crippen LogP contribution in [0.3, 0.4) is 0 Å². The number of amides is 2. The van der Waals surface area contributed by atoms with Crippen molar-refractivity contribution in [2.75, 3.05) is 18.4 Å². The zero-order chi connectivity index (χ0) is 22.0. The molecule has 0 saturated carbocycles. The molecule has 2 amide bonds. The van der Waals surface area contributed by atoms with Gasteiger partial charge in [0.1, 0.15) is 0 Å². The average Bonchev–Trinajstić information content (AvgIpc) is 3.46. The van der Waals surface area contributed by atoms with E-state index in [4.69, 9.17) is 0 Å². The van der Waals surface area contributed by atoms with Gasteiger partial charge in [-0.25, -0.2) is 4.98 Å². The highest BCUT2D eigenvalue weighted by Crippen LogP contribution is 2.30. The van der Waals surface area contributed by atoms with Crippen LogP contribution < -0.4 is 5.32 Å². The molecule has 1 aliphatic rings. The summed E-state index contributed by atoms with van der Waals surface area (Å²) in [6, 6.07) is 8.64. The molecule has 1 aliphatic heterocycles. The van der Waals surface area contributed by atoms with E-state index in [1.807, 2.05) is 17.5 Å². The molecule has 1 N–H and O–H groups in total. The van der Waals surface area contributed by atoms with Gasteiger partial charge in [-0.15, -0.1) is 22.7 Å². The van der Waals surface area contributed by atoms with E-state index in [9.17, 15) is 19.7 Å². The smallest absolute Gasteiger partial charge is 0.272 e. The first-order chi connectivity index (χ1) is 14.9. The summed E-state index contributed by atoms with van der Waals surface area (Å²) >= 11 is 2.71. The first-order valence-electron chi connectivity index (χ1n) is 9.77. The maximum Gasteiger partial charge on any atom is 0.272 e. The van der Waals surface area contributed by atoms with Crippen molar-refractivity contribution < 1.29 is 14.5 Å². The Kier molecular flexibility index (Phi) is 6.10. The standard InChI is InChI=1S/C21H20N4O4S2/c1-13-4-5-15(11-17(13)25(28)29)16-12-31-21(22-16)23-19(26)14-6-8-24(9-7-14)20(27)18-3-2-10-30-18/h2-5,10-12,14H,6-9H2,1H3,(H,22,23,26). The van der Waals surface area contributed by atoms with Crippen LogP contribution in [-0.2, 0) is 4.79 Å². The Morgan fingerprint density at radius 3 is 2.68 bits per heavy atom. The lowest BCUT2D eigenvalue weighted by atomic mass is 9.96. The van der Waals surface area contributed by atoms with Gasteiger partial charge in [0.25, 0.3) is 11.6 Å². The lowest BCUT2D eigenvalue weighted by Gasteiger charge is -2.30. The number of nitro benzene ring substituents is 1. The monoisotopic (exact) mass is 456 g/mol. The minimum atomic E-state index is -0.413. The summed E-state index contributed by atoms with van der Waals surface area (Å²) in [7, 11) is 0. The van der Waals surface area contributed by atoms with Gasteiger partial charge in [0.2, 0.25) is 5.91 Å². The number of benzene rings is 1. The number of rotatable bonds is 5. The van der Waals surface area contributed by atoms with E-state index in [0.29, 0.717) is 47.9 Å². The van der Waals surface area contributed by atoms with Gasteiger partial charge in [0.15, 0.2) is 5.13 Å². The van der Waals surface area contributed by atoms with E-state index in [2.05, 4.69) is 10.3 Å². The number of hydrogen-bond acceptors (Lipinski definition) is 7. The van der Waals surface area contributed by atoms with Crippen LogP contribution in [-0.4, -0.2) is 39.7 Å². The van der Waals surface area contributed by atoms with Gasteiger partial charge >= 0.3 is 0 Å². The fourth-order valence-corrected chi connectivity index (χ4v) is 4.95. The molecule has 1 fully saturated rings. The number of hydrogen-bond donors (Lipinski definition) is 1. The number of piperidine rings is 1. The Morgan fingerprint density at radius 1 is 1.23 bits per heavy atom. The van der Waals surface area contributed by atoms with Crippen LogP contribution in [0.25, 0.3) is 11.3 Å². The van der Waals surface area contributed by atoms with Crippen LogP contribution in [0.15, 0.2) is 41.1 Å². The Balaban J connectivity index is 1.36. The number of thiophene rings is 1. The highest BCUT2D eigenvalue weighted by Gasteiger charge is 2.28. The fourth-order valence-electron chi connectivity index (χ4n) is 3.54. The SMILES string of the molecule is Cc1ccc(-c2csc(NC(=O)C3CCN(C(=O)c4cccs4)CC3)n2)cc1[N+](=O)[O-]. The van der Waals surface area contributed by atoms with Crippen LogP contribution in [0.4, 0.5) is 10.8 Å². The molecule has 4 rings (SSSR count). The lowest BCUT2D eigenvalue weighted by Crippen LogP contribution is -2.41. The van der Waals surface area contributed by atoms with Crippen LogP contribution in [0.1, 0.15) is 28.1 Å². The quantitative estimate of drug-likeness (QED) is 0.447. The molecule has 1 aromatic carbocycles. The molecule has 1 saturated heterocycles. The molecular weight excluding hydrogens is 436 g/mol. The predicted molar refractivity (Wildman–Crippen MR) is 121 cm³/mol. The maximum atomic E-state index is 12.7. The molecular formula is C21H20N4O4S2. The minimum absolute atomic E-state index is 0.0191. The van der Waals surface area contributed by atoms with E-state index in [1.54, 1.807) is 29.3 Å². The molecule has 0 bridgehead atoms. The minimum Gasteiger partial charge on any atom is -0.338 e. The summed E-state index contributed by atoms with van der Waals surface area (Å²) < 4.78 is 0. The van der Waals surface area contributed by atoms with Crippen LogP contribution in [0.2, 0.25) is 0 Å². The van der Waals surface area contributed by atoms with Crippen molar-refractivity contribution in [3.63, 3.8) is 0 Å². The Morgan fingerprint density at radius 2 is 2.00 bits per heavy atom. The largest absolute Gasteiger partial charge is 0.338 e. The van der Waals surface area contributed by atoms with E-state index < -0.39 is 4.92 Å². The number of aryl methyl sites for hydroxylation is 1. The molecule has 0 atom stereocenters. The Bertz CT molecular complexity index is 1120. The van der Waals surface area contributed by atoms with Crippen LogP contribution in [0, 0.1) is 23.0 Å². The third-order valence-corrected chi connectivity index (χ3v) is 6.94. The molecule has 8 nitrogen and oxygen atoms in total. The first-order valence-corrected chi connectivity index (χ1v) is 11.5. The first kappa shape index (κ1) is 21.1. The van der Waals surface area contributed by atoms with Crippen molar-refractivity contribution >= 4 is 45.3 Å². The number of carbonyl (C=O) groups excluding carboxylic acids is 2. The number of carbonyl (C=O) groups is 2. The predicted octanol–water partition coefficient (Wildman–Crippen LogP) is 4.58. The fraction of sp³-hybridized carbons (Fsp3) is 0.286. The average molecular weight is 457 g/mol. The van der Waals surface area contributed by atoms with Crippen molar-refractivity contribution in [3.8, 4) is 11.3 Å². The normalized spacial score (nSPS) is 14.4. The third kappa shape index (κ3) is 4.64.